The van der Waals surface area contributed by atoms with Crippen LogP contribution in [0.5, 0.6) is 0 Å². The monoisotopic (exact) mass is 309 g/mol. The molecule has 0 bridgehead atoms. The summed E-state index contributed by atoms with van der Waals surface area (Å²) in [7, 11) is 2.22. The van der Waals surface area contributed by atoms with Crippen LogP contribution in [0.15, 0.2) is 11.2 Å². The summed E-state index contributed by atoms with van der Waals surface area (Å²) in [6.45, 7) is 8.54. The van der Waals surface area contributed by atoms with Crippen LogP contribution in [-0.2, 0) is 0 Å². The first-order valence-electron chi connectivity index (χ1n) is 7.80. The molecule has 1 aromatic rings. The van der Waals surface area contributed by atoms with Crippen LogP contribution in [0.3, 0.4) is 0 Å². The third-order valence-corrected chi connectivity index (χ3v) is 4.55. The van der Waals surface area contributed by atoms with Crippen molar-refractivity contribution in [3.63, 3.8) is 0 Å². The SMILES string of the molecule is CCCNc1cc(N2CCN(C)C(CC)C2)nc(SC)n1. The molecule has 6 heteroatoms. The van der Waals surface area contributed by atoms with Crippen molar-refractivity contribution in [3.05, 3.63) is 6.07 Å². The van der Waals surface area contributed by atoms with Crippen molar-refractivity contribution in [1.29, 1.82) is 0 Å². The summed E-state index contributed by atoms with van der Waals surface area (Å²) < 4.78 is 0. The second-order valence-electron chi connectivity index (χ2n) is 5.51. The van der Waals surface area contributed by atoms with Gasteiger partial charge in [0.25, 0.3) is 0 Å². The van der Waals surface area contributed by atoms with Gasteiger partial charge in [-0.25, -0.2) is 9.97 Å². The average molecular weight is 309 g/mol. The molecule has 0 saturated carbocycles. The number of aromatic nitrogens is 2. The molecule has 0 amide bonds. The van der Waals surface area contributed by atoms with E-state index >= 15 is 0 Å². The minimum Gasteiger partial charge on any atom is -0.370 e. The minimum absolute atomic E-state index is 0.610. The Kier molecular flexibility index (Phi) is 6.11. The van der Waals surface area contributed by atoms with Gasteiger partial charge in [-0.2, -0.15) is 0 Å². The predicted molar refractivity (Wildman–Crippen MR) is 91.5 cm³/mol. The van der Waals surface area contributed by atoms with E-state index in [0.717, 1.165) is 49.4 Å². The molecule has 0 spiro atoms. The Hall–Kier alpha value is -1.01. The fourth-order valence-corrected chi connectivity index (χ4v) is 2.98. The predicted octanol–water partition coefficient (Wildman–Crippen LogP) is 2.55. The van der Waals surface area contributed by atoms with Gasteiger partial charge < -0.3 is 10.2 Å². The van der Waals surface area contributed by atoms with Crippen molar-refractivity contribution in [2.45, 2.75) is 37.9 Å². The number of nitrogens with one attached hydrogen (secondary N) is 1. The van der Waals surface area contributed by atoms with E-state index in [-0.39, 0.29) is 0 Å². The van der Waals surface area contributed by atoms with E-state index in [9.17, 15) is 0 Å². The van der Waals surface area contributed by atoms with Crippen molar-refractivity contribution < 1.29 is 0 Å². The highest BCUT2D eigenvalue weighted by molar-refractivity contribution is 7.98. The number of thioether (sulfide) groups is 1. The van der Waals surface area contributed by atoms with Crippen LogP contribution in [0.2, 0.25) is 0 Å². The summed E-state index contributed by atoms with van der Waals surface area (Å²) in [5, 5.41) is 4.23. The summed E-state index contributed by atoms with van der Waals surface area (Å²) in [4.78, 5) is 14.1. The lowest BCUT2D eigenvalue weighted by Gasteiger charge is -2.39. The van der Waals surface area contributed by atoms with Crippen LogP contribution in [0.4, 0.5) is 11.6 Å². The highest BCUT2D eigenvalue weighted by Gasteiger charge is 2.24. The highest BCUT2D eigenvalue weighted by Crippen LogP contribution is 2.23. The Balaban J connectivity index is 2.17. The molecule has 118 valence electrons. The number of likely N-dealkylation sites (N-methyl/N-ethyl adjacent to an activating group) is 1. The average Bonchev–Trinajstić information content (AvgIpc) is 2.53. The maximum atomic E-state index is 4.70. The Labute approximate surface area is 132 Å². The molecule has 5 nitrogen and oxygen atoms in total. The normalized spacial score (nSPS) is 19.8. The lowest BCUT2D eigenvalue weighted by atomic mass is 10.1. The lowest BCUT2D eigenvalue weighted by molar-refractivity contribution is 0.213. The van der Waals surface area contributed by atoms with Gasteiger partial charge in [0.05, 0.1) is 0 Å². The molecule has 0 radical (unpaired) electrons. The zero-order valence-electron chi connectivity index (χ0n) is 13.6. The van der Waals surface area contributed by atoms with E-state index in [4.69, 9.17) is 4.98 Å². The smallest absolute Gasteiger partial charge is 0.191 e. The first-order valence-corrected chi connectivity index (χ1v) is 9.02. The molecule has 21 heavy (non-hydrogen) atoms. The molecule has 1 aliphatic heterocycles. The molecule has 1 atom stereocenters. The molecule has 2 rings (SSSR count). The first-order chi connectivity index (χ1) is 10.2. The van der Waals surface area contributed by atoms with Crippen molar-refractivity contribution >= 4 is 23.4 Å². The Morgan fingerprint density at radius 1 is 1.33 bits per heavy atom. The number of rotatable bonds is 6. The van der Waals surface area contributed by atoms with Gasteiger partial charge in [-0.3, -0.25) is 4.90 Å². The zero-order chi connectivity index (χ0) is 15.2. The molecule has 0 aromatic carbocycles. The van der Waals surface area contributed by atoms with Gasteiger partial charge in [0.15, 0.2) is 5.16 Å². The third-order valence-electron chi connectivity index (χ3n) is 4.00. The fourth-order valence-electron chi connectivity index (χ4n) is 2.60. The molecular weight excluding hydrogens is 282 g/mol. The van der Waals surface area contributed by atoms with E-state index in [1.807, 2.05) is 6.26 Å². The maximum Gasteiger partial charge on any atom is 0.191 e. The van der Waals surface area contributed by atoms with Crippen molar-refractivity contribution in [2.24, 2.45) is 0 Å². The van der Waals surface area contributed by atoms with Gasteiger partial charge in [-0.1, -0.05) is 25.6 Å². The molecule has 2 heterocycles. The van der Waals surface area contributed by atoms with Gasteiger partial charge in [-0.05, 0) is 26.1 Å². The Bertz CT molecular complexity index is 454. The molecule has 1 fully saturated rings. The van der Waals surface area contributed by atoms with Crippen LogP contribution < -0.4 is 10.2 Å². The topological polar surface area (TPSA) is 44.3 Å². The number of piperazine rings is 1. The van der Waals surface area contributed by atoms with Gasteiger partial charge >= 0.3 is 0 Å². The minimum atomic E-state index is 0.610. The molecule has 1 aromatic heterocycles. The van der Waals surface area contributed by atoms with E-state index in [2.05, 4.69) is 47.1 Å². The fraction of sp³-hybridized carbons (Fsp3) is 0.733. The van der Waals surface area contributed by atoms with Crippen molar-refractivity contribution in [2.75, 3.05) is 49.7 Å². The molecule has 1 unspecified atom stereocenters. The van der Waals surface area contributed by atoms with Crippen LogP contribution in [-0.4, -0.2) is 60.4 Å². The van der Waals surface area contributed by atoms with Gasteiger partial charge in [0.1, 0.15) is 11.6 Å². The largest absolute Gasteiger partial charge is 0.370 e. The van der Waals surface area contributed by atoms with Crippen LogP contribution in [0.25, 0.3) is 0 Å². The summed E-state index contributed by atoms with van der Waals surface area (Å²) in [5.74, 6) is 2.00. The van der Waals surface area contributed by atoms with Gasteiger partial charge in [-0.15, -0.1) is 0 Å². The molecule has 0 aliphatic carbocycles. The summed E-state index contributed by atoms with van der Waals surface area (Å²) in [6, 6.07) is 2.70. The second kappa shape index (κ2) is 7.84. The van der Waals surface area contributed by atoms with E-state index in [0.29, 0.717) is 6.04 Å². The number of anilines is 2. The first kappa shape index (κ1) is 16.4. The molecule has 1 saturated heterocycles. The number of nitrogens with zero attached hydrogens (tertiary/aromatic N) is 4. The molecule has 1 aliphatic rings. The standard InChI is InChI=1S/C15H27N5S/c1-5-7-16-13-10-14(18-15(17-13)21-4)20-9-8-19(3)12(6-2)11-20/h10,12H,5-9,11H2,1-4H3,(H,16,17,18). The molecule has 1 N–H and O–H groups in total. The van der Waals surface area contributed by atoms with E-state index < -0.39 is 0 Å². The van der Waals surface area contributed by atoms with Gasteiger partial charge in [0.2, 0.25) is 0 Å². The summed E-state index contributed by atoms with van der Waals surface area (Å²) in [5.41, 5.74) is 0. The third kappa shape index (κ3) is 4.23. The van der Waals surface area contributed by atoms with E-state index in [1.165, 1.54) is 6.42 Å². The highest BCUT2D eigenvalue weighted by atomic mass is 32.2. The van der Waals surface area contributed by atoms with Crippen LogP contribution >= 0.6 is 11.8 Å². The lowest BCUT2D eigenvalue weighted by Crippen LogP contribution is -2.51. The quantitative estimate of drug-likeness (QED) is 0.643. The number of hydrogen-bond acceptors (Lipinski definition) is 6. The number of hydrogen-bond donors (Lipinski definition) is 1. The second-order valence-corrected chi connectivity index (χ2v) is 6.29. The maximum absolute atomic E-state index is 4.70. The molecular formula is C15H27N5S. The van der Waals surface area contributed by atoms with Gasteiger partial charge in [0, 0.05) is 38.3 Å². The van der Waals surface area contributed by atoms with Crippen molar-refractivity contribution in [1.82, 2.24) is 14.9 Å². The van der Waals surface area contributed by atoms with Crippen molar-refractivity contribution in [3.8, 4) is 0 Å². The zero-order valence-corrected chi connectivity index (χ0v) is 14.4. The Morgan fingerprint density at radius 3 is 2.81 bits per heavy atom. The summed E-state index contributed by atoms with van der Waals surface area (Å²) in [6.07, 6.45) is 4.30. The van der Waals surface area contributed by atoms with Crippen LogP contribution in [0, 0.1) is 0 Å². The summed E-state index contributed by atoms with van der Waals surface area (Å²) >= 11 is 1.60. The van der Waals surface area contributed by atoms with Crippen LogP contribution in [0.1, 0.15) is 26.7 Å². The van der Waals surface area contributed by atoms with E-state index in [1.54, 1.807) is 11.8 Å². The Morgan fingerprint density at radius 2 is 2.14 bits per heavy atom.